The van der Waals surface area contributed by atoms with Crippen LogP contribution in [0.2, 0.25) is 0 Å². The molecule has 4 atom stereocenters. The second-order valence-corrected chi connectivity index (χ2v) is 23.1. The third kappa shape index (κ3) is 21.9. The summed E-state index contributed by atoms with van der Waals surface area (Å²) < 4.78 is 0. The molecule has 0 heteroatoms. The monoisotopic (exact) mass is 815 g/mol. The van der Waals surface area contributed by atoms with Crippen LogP contribution in [0.25, 0.3) is 0 Å². The van der Waals surface area contributed by atoms with E-state index in [4.69, 9.17) is 0 Å². The van der Waals surface area contributed by atoms with Crippen molar-refractivity contribution in [2.45, 2.75) is 233 Å². The van der Waals surface area contributed by atoms with E-state index in [1.165, 1.54) is 92.9 Å². The fourth-order valence-electron chi connectivity index (χ4n) is 9.76. The van der Waals surface area contributed by atoms with Gasteiger partial charge in [0.15, 0.2) is 0 Å². The molecule has 2 aromatic rings. The highest BCUT2D eigenvalue weighted by atomic mass is 14.3. The summed E-state index contributed by atoms with van der Waals surface area (Å²) in [5, 5.41) is 0. The number of hydrogen-bond donors (Lipinski definition) is 0. The molecule has 59 heavy (non-hydrogen) atoms. The molecule has 5 rings (SSSR count). The minimum absolute atomic E-state index is 0.642. The maximum atomic E-state index is 2.38. The summed E-state index contributed by atoms with van der Waals surface area (Å²) in [5.41, 5.74) is 5.75. The SMILES string of the molecule is CC(C)C1CCC(C(C)C)C1.CC(C)C1CCC(C(C)C)CC1.CC(C)C1CCCC(C(C)C)C1.CC(C)c1ccc(C(C)C)cc1.CC(C)c1cccc(C(C)C)c1. The Morgan fingerprint density at radius 2 is 0.525 bits per heavy atom. The van der Waals surface area contributed by atoms with Gasteiger partial charge in [-0.05, 0) is 168 Å². The molecule has 4 unspecified atom stereocenters. The molecule has 3 fully saturated rings. The van der Waals surface area contributed by atoms with Crippen LogP contribution in [-0.2, 0) is 0 Å². The molecular formula is C59H106. The first-order valence-electron chi connectivity index (χ1n) is 25.7. The van der Waals surface area contributed by atoms with Crippen LogP contribution >= 0.6 is 0 Å². The summed E-state index contributed by atoms with van der Waals surface area (Å²) in [6, 6.07) is 17.8. The maximum absolute atomic E-state index is 2.38. The zero-order valence-electron chi connectivity index (χ0n) is 43.6. The third-order valence-electron chi connectivity index (χ3n) is 15.3. The third-order valence-corrected chi connectivity index (χ3v) is 15.3. The summed E-state index contributed by atoms with van der Waals surface area (Å²) in [7, 11) is 0. The van der Waals surface area contributed by atoms with Gasteiger partial charge >= 0.3 is 0 Å². The van der Waals surface area contributed by atoms with Gasteiger partial charge in [0.05, 0.1) is 0 Å². The first-order chi connectivity index (χ1) is 27.5. The molecule has 0 saturated heterocycles. The molecule has 0 amide bonds. The minimum Gasteiger partial charge on any atom is -0.0625 e. The largest absolute Gasteiger partial charge is 0.0625 e. The Bertz CT molecular complexity index is 1200. The van der Waals surface area contributed by atoms with Gasteiger partial charge in [0, 0.05) is 0 Å². The van der Waals surface area contributed by atoms with Crippen molar-refractivity contribution in [1.82, 2.24) is 0 Å². The van der Waals surface area contributed by atoms with Crippen molar-refractivity contribution in [3.63, 3.8) is 0 Å². The topological polar surface area (TPSA) is 0 Å². The predicted octanol–water partition coefficient (Wildman–Crippen LogP) is 19.8. The van der Waals surface area contributed by atoms with Crippen molar-refractivity contribution in [3.8, 4) is 0 Å². The average molecular weight is 815 g/mol. The van der Waals surface area contributed by atoms with Gasteiger partial charge in [-0.15, -0.1) is 0 Å². The van der Waals surface area contributed by atoms with Crippen molar-refractivity contribution < 1.29 is 0 Å². The molecule has 0 radical (unpaired) electrons. The molecule has 0 N–H and O–H groups in total. The van der Waals surface area contributed by atoms with Crippen molar-refractivity contribution >= 4 is 0 Å². The summed E-state index contributed by atoms with van der Waals surface area (Å²) in [5.74, 6) is 14.2. The van der Waals surface area contributed by atoms with Gasteiger partial charge in [-0.2, -0.15) is 0 Å². The van der Waals surface area contributed by atoms with E-state index < -0.39 is 0 Å². The quantitative estimate of drug-likeness (QED) is 0.224. The standard InChI is InChI=1S/C12H24.C12H18.C12H24.C12H18.C11H22/c2*1-9(2)11-5-7-12(8-6-11)10(3)4;2*1-9(2)11-6-5-7-12(8-11)10(3)4;1-8(2)10-5-6-11(7-10)9(3)4/h9-12H,5-8H2,1-4H3;5-10H,1-4H3;9-12H,5-8H2,1-4H3;5-10H,1-4H3;8-11H,5-7H2,1-4H3. The first-order valence-corrected chi connectivity index (χ1v) is 25.7. The molecule has 0 heterocycles. The minimum atomic E-state index is 0.642. The Kier molecular flexibility index (Phi) is 27.2. The van der Waals surface area contributed by atoms with E-state index in [9.17, 15) is 0 Å². The second kappa shape index (κ2) is 28.9. The lowest BCUT2D eigenvalue weighted by atomic mass is 9.72. The number of rotatable bonds is 10. The summed E-state index contributed by atoms with van der Waals surface area (Å²) >= 11 is 0. The molecule has 0 spiro atoms. The molecule has 3 aliphatic carbocycles. The van der Waals surface area contributed by atoms with E-state index in [2.05, 4.69) is 187 Å². The molecule has 2 aromatic carbocycles. The fourth-order valence-corrected chi connectivity index (χ4v) is 9.76. The first kappa shape index (κ1) is 55.5. The Morgan fingerprint density at radius 1 is 0.288 bits per heavy atom. The number of hydrogen-bond acceptors (Lipinski definition) is 0. The second-order valence-electron chi connectivity index (χ2n) is 23.1. The van der Waals surface area contributed by atoms with Gasteiger partial charge in [-0.1, -0.05) is 206 Å². The van der Waals surface area contributed by atoms with Crippen LogP contribution in [-0.4, -0.2) is 0 Å². The van der Waals surface area contributed by atoms with E-state index in [0.717, 1.165) is 71.0 Å². The van der Waals surface area contributed by atoms with Crippen LogP contribution in [0.1, 0.15) is 255 Å². The van der Waals surface area contributed by atoms with E-state index in [-0.39, 0.29) is 0 Å². The lowest BCUT2D eigenvalue weighted by Gasteiger charge is -2.33. The average Bonchev–Trinajstić information content (AvgIpc) is 3.71. The van der Waals surface area contributed by atoms with Gasteiger partial charge < -0.3 is 0 Å². The van der Waals surface area contributed by atoms with Crippen LogP contribution in [0.4, 0.5) is 0 Å². The van der Waals surface area contributed by atoms with Gasteiger partial charge in [0.1, 0.15) is 0 Å². The van der Waals surface area contributed by atoms with Crippen molar-refractivity contribution in [2.24, 2.45) is 71.0 Å². The van der Waals surface area contributed by atoms with Crippen molar-refractivity contribution in [1.29, 1.82) is 0 Å². The zero-order chi connectivity index (χ0) is 45.0. The Morgan fingerprint density at radius 3 is 0.746 bits per heavy atom. The van der Waals surface area contributed by atoms with E-state index in [0.29, 0.717) is 23.7 Å². The summed E-state index contributed by atoms with van der Waals surface area (Å²) in [6.07, 6.45) is 16.4. The van der Waals surface area contributed by atoms with Crippen LogP contribution in [0.15, 0.2) is 48.5 Å². The highest BCUT2D eigenvalue weighted by Crippen LogP contribution is 2.40. The molecule has 0 aromatic heterocycles. The molecule has 3 aliphatic rings. The molecular weight excluding hydrogens is 709 g/mol. The predicted molar refractivity (Wildman–Crippen MR) is 270 cm³/mol. The smallest absolute Gasteiger partial charge is 0.0219 e. The van der Waals surface area contributed by atoms with Crippen LogP contribution < -0.4 is 0 Å². The van der Waals surface area contributed by atoms with Gasteiger partial charge in [-0.25, -0.2) is 0 Å². The lowest BCUT2D eigenvalue weighted by molar-refractivity contribution is 0.177. The highest BCUT2D eigenvalue weighted by molar-refractivity contribution is 5.28. The van der Waals surface area contributed by atoms with Crippen LogP contribution in [0.5, 0.6) is 0 Å². The van der Waals surface area contributed by atoms with Crippen LogP contribution in [0.3, 0.4) is 0 Å². The fraction of sp³-hybridized carbons (Fsp3) is 0.797. The van der Waals surface area contributed by atoms with Crippen molar-refractivity contribution in [2.75, 3.05) is 0 Å². The maximum Gasteiger partial charge on any atom is -0.0219 e. The highest BCUT2D eigenvalue weighted by Gasteiger charge is 2.28. The Hall–Kier alpha value is -1.56. The Balaban J connectivity index is 0.000000369. The molecule has 342 valence electrons. The van der Waals surface area contributed by atoms with Gasteiger partial charge in [0.25, 0.3) is 0 Å². The molecule has 0 aliphatic heterocycles. The van der Waals surface area contributed by atoms with E-state index in [1.807, 2.05) is 0 Å². The summed E-state index contributed by atoms with van der Waals surface area (Å²) in [4.78, 5) is 0. The normalized spacial score (nSPS) is 23.4. The molecule has 0 bridgehead atoms. The van der Waals surface area contributed by atoms with Crippen LogP contribution in [0, 0.1) is 71.0 Å². The molecule has 3 saturated carbocycles. The molecule has 0 nitrogen and oxygen atoms in total. The van der Waals surface area contributed by atoms with Gasteiger partial charge in [-0.3, -0.25) is 0 Å². The number of benzene rings is 2. The Labute approximate surface area is 373 Å². The van der Waals surface area contributed by atoms with Gasteiger partial charge in [0.2, 0.25) is 0 Å². The van der Waals surface area contributed by atoms with E-state index in [1.54, 1.807) is 0 Å². The zero-order valence-corrected chi connectivity index (χ0v) is 43.6. The lowest BCUT2D eigenvalue weighted by Crippen LogP contribution is -2.22. The summed E-state index contributed by atoms with van der Waals surface area (Å²) in [6.45, 7) is 46.4. The van der Waals surface area contributed by atoms with E-state index >= 15 is 0 Å². The van der Waals surface area contributed by atoms with Crippen molar-refractivity contribution in [3.05, 3.63) is 70.8 Å².